The summed E-state index contributed by atoms with van der Waals surface area (Å²) in [6.45, 7) is 2.10. The van der Waals surface area contributed by atoms with E-state index in [2.05, 4.69) is 27.4 Å². The average Bonchev–Trinajstić information content (AvgIpc) is 2.87. The van der Waals surface area contributed by atoms with Crippen molar-refractivity contribution in [3.05, 3.63) is 11.6 Å². The maximum absolute atomic E-state index is 12.0. The number of carbonyl (C=O) groups excluding carboxylic acids is 1. The van der Waals surface area contributed by atoms with Crippen LogP contribution in [0.2, 0.25) is 0 Å². The molecule has 3 rings (SSSR count). The van der Waals surface area contributed by atoms with Crippen molar-refractivity contribution in [2.45, 2.75) is 56.9 Å². The Morgan fingerprint density at radius 3 is 2.76 bits per heavy atom. The number of hydrogen-bond donors (Lipinski definition) is 2. The van der Waals surface area contributed by atoms with Crippen LogP contribution in [0.1, 0.15) is 67.8 Å². The maximum atomic E-state index is 12.0. The summed E-state index contributed by atoms with van der Waals surface area (Å²) in [4.78, 5) is 16.3. The van der Waals surface area contributed by atoms with Crippen molar-refractivity contribution in [2.24, 2.45) is 0 Å². The van der Waals surface area contributed by atoms with E-state index in [0.717, 1.165) is 31.5 Å². The molecule has 17 heavy (non-hydrogen) atoms. The van der Waals surface area contributed by atoms with Crippen molar-refractivity contribution < 1.29 is 4.79 Å². The van der Waals surface area contributed by atoms with E-state index in [-0.39, 0.29) is 11.4 Å². The van der Waals surface area contributed by atoms with Crippen LogP contribution in [-0.2, 0) is 0 Å². The molecular formula is C12H18N4O. The van der Waals surface area contributed by atoms with E-state index in [9.17, 15) is 4.79 Å². The monoisotopic (exact) mass is 234 g/mol. The van der Waals surface area contributed by atoms with E-state index in [1.807, 2.05) is 0 Å². The first kappa shape index (κ1) is 10.7. The zero-order valence-electron chi connectivity index (χ0n) is 10.1. The average molecular weight is 234 g/mol. The van der Waals surface area contributed by atoms with Gasteiger partial charge in [-0.2, -0.15) is 0 Å². The second-order valence-electron chi connectivity index (χ2n) is 5.54. The number of nitrogens with one attached hydrogen (secondary N) is 2. The second kappa shape index (κ2) is 3.82. The Kier molecular flexibility index (Phi) is 2.42. The summed E-state index contributed by atoms with van der Waals surface area (Å²) >= 11 is 0. The van der Waals surface area contributed by atoms with Gasteiger partial charge in [-0.25, -0.2) is 4.98 Å². The zero-order valence-corrected chi connectivity index (χ0v) is 10.1. The molecule has 0 bridgehead atoms. The van der Waals surface area contributed by atoms with Crippen molar-refractivity contribution in [3.8, 4) is 0 Å². The molecule has 2 fully saturated rings. The first-order valence-electron chi connectivity index (χ1n) is 6.41. The van der Waals surface area contributed by atoms with Crippen LogP contribution in [0.4, 0.5) is 0 Å². The fourth-order valence-electron chi connectivity index (χ4n) is 2.53. The molecule has 0 aliphatic heterocycles. The van der Waals surface area contributed by atoms with Crippen molar-refractivity contribution in [1.82, 2.24) is 20.5 Å². The van der Waals surface area contributed by atoms with E-state index >= 15 is 0 Å². The number of carbonyl (C=O) groups is 1. The van der Waals surface area contributed by atoms with E-state index in [0.29, 0.717) is 11.7 Å². The van der Waals surface area contributed by atoms with Crippen molar-refractivity contribution >= 4 is 5.91 Å². The quantitative estimate of drug-likeness (QED) is 0.837. The summed E-state index contributed by atoms with van der Waals surface area (Å²) in [6.07, 6.45) is 6.81. The number of H-pyrrole nitrogens is 1. The molecule has 0 unspecified atom stereocenters. The number of hydrogen-bond acceptors (Lipinski definition) is 3. The Balaban J connectivity index is 1.68. The van der Waals surface area contributed by atoms with Gasteiger partial charge in [-0.3, -0.25) is 9.89 Å². The highest BCUT2D eigenvalue weighted by Crippen LogP contribution is 2.37. The van der Waals surface area contributed by atoms with Gasteiger partial charge >= 0.3 is 0 Å². The third-order valence-electron chi connectivity index (χ3n) is 3.79. The number of amides is 1. The lowest BCUT2D eigenvalue weighted by Crippen LogP contribution is -2.44. The summed E-state index contributed by atoms with van der Waals surface area (Å²) in [5.41, 5.74) is -0.0581. The molecule has 0 radical (unpaired) electrons. The Morgan fingerprint density at radius 2 is 2.12 bits per heavy atom. The fourth-order valence-corrected chi connectivity index (χ4v) is 2.53. The van der Waals surface area contributed by atoms with Gasteiger partial charge in [0.05, 0.1) is 0 Å². The van der Waals surface area contributed by atoms with Gasteiger partial charge in [-0.1, -0.05) is 12.8 Å². The molecule has 0 atom stereocenters. The molecule has 0 saturated heterocycles. The molecular weight excluding hydrogens is 216 g/mol. The van der Waals surface area contributed by atoms with Crippen LogP contribution in [0.5, 0.6) is 0 Å². The standard InChI is InChI=1S/C12H18N4O/c1-12(6-2-3-7-12)14-11(17)10-13-9(15-16-10)8-4-5-8/h8H,2-7H2,1H3,(H,14,17)(H,13,15,16). The van der Waals surface area contributed by atoms with Gasteiger partial charge in [-0.05, 0) is 32.6 Å². The number of rotatable bonds is 3. The van der Waals surface area contributed by atoms with Crippen LogP contribution in [0.3, 0.4) is 0 Å². The Morgan fingerprint density at radius 1 is 1.41 bits per heavy atom. The SMILES string of the molecule is CC1(NC(=O)c2n[nH]c(C3CC3)n2)CCCC1. The predicted molar refractivity (Wildman–Crippen MR) is 62.7 cm³/mol. The number of nitrogens with zero attached hydrogens (tertiary/aromatic N) is 2. The predicted octanol–water partition coefficient (Wildman–Crippen LogP) is 1.74. The minimum Gasteiger partial charge on any atom is -0.344 e. The normalized spacial score (nSPS) is 22.6. The van der Waals surface area contributed by atoms with E-state index < -0.39 is 0 Å². The van der Waals surface area contributed by atoms with Gasteiger partial charge in [0, 0.05) is 11.5 Å². The van der Waals surface area contributed by atoms with Gasteiger partial charge < -0.3 is 5.32 Å². The minimum absolute atomic E-state index is 0.0581. The van der Waals surface area contributed by atoms with E-state index in [4.69, 9.17) is 0 Å². The molecule has 1 aromatic rings. The second-order valence-corrected chi connectivity index (χ2v) is 5.54. The van der Waals surface area contributed by atoms with E-state index in [1.165, 1.54) is 12.8 Å². The summed E-state index contributed by atoms with van der Waals surface area (Å²) in [7, 11) is 0. The number of aromatic nitrogens is 3. The lowest BCUT2D eigenvalue weighted by atomic mass is 10.0. The molecule has 1 amide bonds. The molecule has 92 valence electrons. The van der Waals surface area contributed by atoms with Gasteiger partial charge in [0.2, 0.25) is 5.82 Å². The molecule has 1 heterocycles. The third-order valence-corrected chi connectivity index (χ3v) is 3.79. The molecule has 2 aliphatic carbocycles. The fraction of sp³-hybridized carbons (Fsp3) is 0.750. The Bertz CT molecular complexity index is 429. The molecule has 2 N–H and O–H groups in total. The first-order valence-corrected chi connectivity index (χ1v) is 6.41. The lowest BCUT2D eigenvalue weighted by molar-refractivity contribution is 0.0897. The van der Waals surface area contributed by atoms with Crippen molar-refractivity contribution in [3.63, 3.8) is 0 Å². The Labute approximate surface area is 100 Å². The molecule has 2 aliphatic rings. The summed E-state index contributed by atoms with van der Waals surface area (Å²) in [6, 6.07) is 0. The minimum atomic E-state index is -0.141. The van der Waals surface area contributed by atoms with Crippen LogP contribution in [0.15, 0.2) is 0 Å². The van der Waals surface area contributed by atoms with Gasteiger partial charge in [0.1, 0.15) is 5.82 Å². The smallest absolute Gasteiger partial charge is 0.291 e. The molecule has 1 aromatic heterocycles. The summed E-state index contributed by atoms with van der Waals surface area (Å²) < 4.78 is 0. The number of aromatic amines is 1. The topological polar surface area (TPSA) is 70.7 Å². The van der Waals surface area contributed by atoms with Crippen LogP contribution in [0.25, 0.3) is 0 Å². The Hall–Kier alpha value is -1.39. The highest BCUT2D eigenvalue weighted by Gasteiger charge is 2.32. The molecule has 0 aromatic carbocycles. The van der Waals surface area contributed by atoms with Crippen molar-refractivity contribution in [1.29, 1.82) is 0 Å². The third kappa shape index (κ3) is 2.18. The highest BCUT2D eigenvalue weighted by molar-refractivity contribution is 5.90. The first-order chi connectivity index (χ1) is 8.16. The van der Waals surface area contributed by atoms with Gasteiger partial charge in [0.25, 0.3) is 5.91 Å². The summed E-state index contributed by atoms with van der Waals surface area (Å²) in [5.74, 6) is 1.52. The van der Waals surface area contributed by atoms with Crippen LogP contribution in [0, 0.1) is 0 Å². The molecule has 5 nitrogen and oxygen atoms in total. The largest absolute Gasteiger partial charge is 0.344 e. The van der Waals surface area contributed by atoms with E-state index in [1.54, 1.807) is 0 Å². The van der Waals surface area contributed by atoms with Crippen LogP contribution < -0.4 is 5.32 Å². The van der Waals surface area contributed by atoms with Crippen LogP contribution in [-0.4, -0.2) is 26.6 Å². The highest BCUT2D eigenvalue weighted by atomic mass is 16.2. The van der Waals surface area contributed by atoms with Gasteiger partial charge in [0.15, 0.2) is 0 Å². The molecule has 2 saturated carbocycles. The molecule has 5 heteroatoms. The lowest BCUT2D eigenvalue weighted by Gasteiger charge is -2.24. The maximum Gasteiger partial charge on any atom is 0.291 e. The van der Waals surface area contributed by atoms with Gasteiger partial charge in [-0.15, -0.1) is 5.10 Å². The van der Waals surface area contributed by atoms with Crippen LogP contribution >= 0.6 is 0 Å². The summed E-state index contributed by atoms with van der Waals surface area (Å²) in [5, 5.41) is 9.93. The molecule has 0 spiro atoms. The zero-order chi connectivity index (χ0) is 11.9. The van der Waals surface area contributed by atoms with Crippen molar-refractivity contribution in [2.75, 3.05) is 0 Å².